The highest BCUT2D eigenvalue weighted by molar-refractivity contribution is 5.94. The van der Waals surface area contributed by atoms with Crippen LogP contribution in [0.4, 0.5) is 4.39 Å². The lowest BCUT2D eigenvalue weighted by Crippen LogP contribution is -1.86. The fourth-order valence-electron chi connectivity index (χ4n) is 2.02. The molecule has 0 unspecified atom stereocenters. The van der Waals surface area contributed by atoms with Crippen molar-refractivity contribution in [3.05, 3.63) is 66.6 Å². The molecule has 0 aliphatic carbocycles. The smallest absolute Gasteiger partial charge is 0.131 e. The Morgan fingerprint density at radius 2 is 1.59 bits per heavy atom. The summed E-state index contributed by atoms with van der Waals surface area (Å²) >= 11 is 0. The van der Waals surface area contributed by atoms with E-state index in [0.717, 1.165) is 16.5 Å². The van der Waals surface area contributed by atoms with E-state index in [9.17, 15) is 4.39 Å². The summed E-state index contributed by atoms with van der Waals surface area (Å²) in [5, 5.41) is 0.972. The van der Waals surface area contributed by atoms with E-state index in [-0.39, 0.29) is 5.82 Å². The van der Waals surface area contributed by atoms with Gasteiger partial charge in [-0.1, -0.05) is 36.4 Å². The number of nitrogens with zero attached hydrogens (tertiary/aromatic N) is 1. The first-order valence-electron chi connectivity index (χ1n) is 5.45. The van der Waals surface area contributed by atoms with Crippen molar-refractivity contribution in [2.45, 2.75) is 0 Å². The molecule has 0 bridgehead atoms. The lowest BCUT2D eigenvalue weighted by Gasteiger charge is -2.06. The summed E-state index contributed by atoms with van der Waals surface area (Å²) in [7, 11) is 0. The van der Waals surface area contributed by atoms with Crippen LogP contribution < -0.4 is 0 Å². The van der Waals surface area contributed by atoms with Crippen LogP contribution in [0.3, 0.4) is 0 Å². The molecule has 1 heterocycles. The molecule has 0 atom stereocenters. The van der Waals surface area contributed by atoms with Gasteiger partial charge < -0.3 is 0 Å². The van der Waals surface area contributed by atoms with E-state index in [0.29, 0.717) is 5.56 Å². The third-order valence-electron chi connectivity index (χ3n) is 2.81. The largest absolute Gasteiger partial charge is 0.256 e. The van der Waals surface area contributed by atoms with Crippen LogP contribution in [-0.2, 0) is 0 Å². The van der Waals surface area contributed by atoms with Gasteiger partial charge in [0, 0.05) is 17.1 Å². The Labute approximate surface area is 98.6 Å². The molecule has 0 spiro atoms. The van der Waals surface area contributed by atoms with Crippen LogP contribution in [0, 0.1) is 5.82 Å². The summed E-state index contributed by atoms with van der Waals surface area (Å²) in [4.78, 5) is 4.27. The Balaban J connectivity index is 2.35. The zero-order valence-electron chi connectivity index (χ0n) is 9.10. The Bertz CT molecular complexity index is 671. The van der Waals surface area contributed by atoms with E-state index in [1.165, 1.54) is 6.07 Å². The fourth-order valence-corrected chi connectivity index (χ4v) is 2.02. The second-order valence-corrected chi connectivity index (χ2v) is 3.86. The first-order chi connectivity index (χ1) is 8.36. The number of pyridine rings is 1. The summed E-state index contributed by atoms with van der Waals surface area (Å²) in [6, 6.07) is 16.4. The summed E-state index contributed by atoms with van der Waals surface area (Å²) < 4.78 is 13.8. The lowest BCUT2D eigenvalue weighted by atomic mass is 10.0. The van der Waals surface area contributed by atoms with E-state index in [1.54, 1.807) is 18.3 Å². The molecule has 0 saturated heterocycles. The van der Waals surface area contributed by atoms with Crippen molar-refractivity contribution in [3.63, 3.8) is 0 Å². The van der Waals surface area contributed by atoms with E-state index >= 15 is 0 Å². The molecule has 3 rings (SSSR count). The molecule has 0 N–H and O–H groups in total. The van der Waals surface area contributed by atoms with E-state index < -0.39 is 0 Å². The van der Waals surface area contributed by atoms with Crippen molar-refractivity contribution in [1.82, 2.24) is 4.98 Å². The Kier molecular flexibility index (Phi) is 2.33. The highest BCUT2D eigenvalue weighted by atomic mass is 19.1. The van der Waals surface area contributed by atoms with E-state index in [4.69, 9.17) is 0 Å². The minimum Gasteiger partial charge on any atom is -0.256 e. The minimum absolute atomic E-state index is 0.205. The third-order valence-corrected chi connectivity index (χ3v) is 2.81. The van der Waals surface area contributed by atoms with Crippen LogP contribution in [0.1, 0.15) is 0 Å². The van der Waals surface area contributed by atoms with E-state index in [2.05, 4.69) is 4.98 Å². The Hall–Kier alpha value is -2.22. The quantitative estimate of drug-likeness (QED) is 0.606. The van der Waals surface area contributed by atoms with Gasteiger partial charge >= 0.3 is 0 Å². The standard InChI is InChI=1S/C15H10FN/c16-14-8-2-1-5-12(14)11-6-3-9-15-13(11)7-4-10-17-15/h1-10H. The maximum Gasteiger partial charge on any atom is 0.131 e. The average molecular weight is 223 g/mol. The minimum atomic E-state index is -0.205. The van der Waals surface area contributed by atoms with Crippen molar-refractivity contribution < 1.29 is 4.39 Å². The number of fused-ring (bicyclic) bond motifs is 1. The Morgan fingerprint density at radius 3 is 2.47 bits per heavy atom. The van der Waals surface area contributed by atoms with Gasteiger partial charge in [0.05, 0.1) is 5.52 Å². The number of halogens is 1. The van der Waals surface area contributed by atoms with Crippen molar-refractivity contribution in [1.29, 1.82) is 0 Å². The zero-order valence-corrected chi connectivity index (χ0v) is 9.10. The van der Waals surface area contributed by atoms with Crippen molar-refractivity contribution in [2.75, 3.05) is 0 Å². The highest BCUT2D eigenvalue weighted by Gasteiger charge is 2.07. The van der Waals surface area contributed by atoms with Crippen LogP contribution >= 0.6 is 0 Å². The maximum absolute atomic E-state index is 13.8. The van der Waals surface area contributed by atoms with Gasteiger partial charge in [-0.3, -0.25) is 4.98 Å². The van der Waals surface area contributed by atoms with Crippen molar-refractivity contribution >= 4 is 10.9 Å². The van der Waals surface area contributed by atoms with Crippen molar-refractivity contribution in [3.8, 4) is 11.1 Å². The molecular weight excluding hydrogens is 213 g/mol. The average Bonchev–Trinajstić information content (AvgIpc) is 2.39. The number of hydrogen-bond donors (Lipinski definition) is 0. The molecule has 3 aromatic rings. The van der Waals surface area contributed by atoms with Gasteiger partial charge in [0.2, 0.25) is 0 Å². The third kappa shape index (κ3) is 1.68. The van der Waals surface area contributed by atoms with Crippen LogP contribution in [0.5, 0.6) is 0 Å². The molecular formula is C15H10FN. The molecule has 0 aliphatic heterocycles. The van der Waals surface area contributed by atoms with E-state index in [1.807, 2.05) is 36.4 Å². The van der Waals surface area contributed by atoms with Crippen LogP contribution in [0.25, 0.3) is 22.0 Å². The predicted octanol–water partition coefficient (Wildman–Crippen LogP) is 4.04. The Morgan fingerprint density at radius 1 is 0.765 bits per heavy atom. The molecule has 1 nitrogen and oxygen atoms in total. The zero-order chi connectivity index (χ0) is 11.7. The topological polar surface area (TPSA) is 12.9 Å². The van der Waals surface area contributed by atoms with Gasteiger partial charge in [-0.05, 0) is 23.8 Å². The summed E-state index contributed by atoms with van der Waals surface area (Å²) in [5.41, 5.74) is 2.38. The summed E-state index contributed by atoms with van der Waals surface area (Å²) in [6.45, 7) is 0. The fraction of sp³-hybridized carbons (Fsp3) is 0. The van der Waals surface area contributed by atoms with Gasteiger partial charge in [0.1, 0.15) is 5.82 Å². The number of hydrogen-bond acceptors (Lipinski definition) is 1. The molecule has 82 valence electrons. The van der Waals surface area contributed by atoms with Gasteiger partial charge in [-0.2, -0.15) is 0 Å². The summed E-state index contributed by atoms with van der Waals surface area (Å²) in [6.07, 6.45) is 1.74. The first-order valence-corrected chi connectivity index (χ1v) is 5.45. The molecule has 17 heavy (non-hydrogen) atoms. The molecule has 0 fully saturated rings. The number of benzene rings is 2. The predicted molar refractivity (Wildman–Crippen MR) is 67.1 cm³/mol. The van der Waals surface area contributed by atoms with Crippen LogP contribution in [-0.4, -0.2) is 4.98 Å². The lowest BCUT2D eigenvalue weighted by molar-refractivity contribution is 0.631. The summed E-state index contributed by atoms with van der Waals surface area (Å²) in [5.74, 6) is -0.205. The molecule has 2 heteroatoms. The second-order valence-electron chi connectivity index (χ2n) is 3.86. The second kappa shape index (κ2) is 3.98. The monoisotopic (exact) mass is 223 g/mol. The normalized spacial score (nSPS) is 10.6. The van der Waals surface area contributed by atoms with Crippen molar-refractivity contribution in [2.24, 2.45) is 0 Å². The van der Waals surface area contributed by atoms with Crippen LogP contribution in [0.15, 0.2) is 60.8 Å². The molecule has 0 amide bonds. The van der Waals surface area contributed by atoms with Gasteiger partial charge in [0.25, 0.3) is 0 Å². The molecule has 1 aromatic heterocycles. The van der Waals surface area contributed by atoms with Gasteiger partial charge in [-0.15, -0.1) is 0 Å². The highest BCUT2D eigenvalue weighted by Crippen LogP contribution is 2.29. The molecule has 0 saturated carbocycles. The SMILES string of the molecule is Fc1ccccc1-c1cccc2ncccc12. The number of aromatic nitrogens is 1. The first kappa shape index (κ1) is 9.97. The van der Waals surface area contributed by atoms with Gasteiger partial charge in [0.15, 0.2) is 0 Å². The molecule has 2 aromatic carbocycles. The molecule has 0 aliphatic rings. The van der Waals surface area contributed by atoms with Gasteiger partial charge in [-0.25, -0.2) is 4.39 Å². The maximum atomic E-state index is 13.8. The molecule has 0 radical (unpaired) electrons. The number of rotatable bonds is 1. The van der Waals surface area contributed by atoms with Crippen LogP contribution in [0.2, 0.25) is 0 Å².